The van der Waals surface area contributed by atoms with Crippen LogP contribution in [0.5, 0.6) is 5.75 Å². The molecule has 0 aromatic heterocycles. The third kappa shape index (κ3) is 2.41. The lowest BCUT2D eigenvalue weighted by molar-refractivity contribution is 0.385. The van der Waals surface area contributed by atoms with Gasteiger partial charge in [0.05, 0.1) is 7.11 Å². The third-order valence-corrected chi connectivity index (χ3v) is 4.02. The van der Waals surface area contributed by atoms with Crippen LogP contribution in [0.15, 0.2) is 18.2 Å². The van der Waals surface area contributed by atoms with Crippen LogP contribution in [-0.4, -0.2) is 29.4 Å². The van der Waals surface area contributed by atoms with Crippen molar-refractivity contribution in [3.63, 3.8) is 0 Å². The van der Waals surface area contributed by atoms with Crippen molar-refractivity contribution in [1.82, 2.24) is 5.32 Å². The Morgan fingerprint density at radius 2 is 2.38 bits per heavy atom. The molecule has 2 atom stereocenters. The molecule has 1 N–H and O–H groups in total. The molecule has 2 unspecified atom stereocenters. The van der Waals surface area contributed by atoms with Crippen LogP contribution in [-0.2, 0) is 10.8 Å². The number of hydrogen-bond acceptors (Lipinski definition) is 3. The number of methoxy groups -OCH3 is 1. The zero-order chi connectivity index (χ0) is 11.5. The van der Waals surface area contributed by atoms with Gasteiger partial charge in [-0.15, -0.1) is 0 Å². The van der Waals surface area contributed by atoms with E-state index in [2.05, 4.69) is 5.32 Å². The van der Waals surface area contributed by atoms with Gasteiger partial charge in [0, 0.05) is 34.9 Å². The predicted molar refractivity (Wildman–Crippen MR) is 61.6 cm³/mol. The minimum absolute atomic E-state index is 0.0185. The van der Waals surface area contributed by atoms with Crippen molar-refractivity contribution in [2.24, 2.45) is 0 Å². The van der Waals surface area contributed by atoms with Crippen molar-refractivity contribution < 1.29 is 13.3 Å². The zero-order valence-electron chi connectivity index (χ0n) is 9.03. The summed E-state index contributed by atoms with van der Waals surface area (Å²) < 4.78 is 29.7. The van der Waals surface area contributed by atoms with Crippen molar-refractivity contribution in [2.45, 2.75) is 6.04 Å². The molecule has 1 heterocycles. The SMILES string of the molecule is COc1ccc(C2CS(=O)CCN2)cc1F. The first kappa shape index (κ1) is 11.5. The summed E-state index contributed by atoms with van der Waals surface area (Å²) in [6.45, 7) is 0.713. The highest BCUT2D eigenvalue weighted by Crippen LogP contribution is 2.23. The minimum atomic E-state index is -0.801. The van der Waals surface area contributed by atoms with Crippen LogP contribution in [0.4, 0.5) is 4.39 Å². The standard InChI is InChI=1S/C11H14FNO2S/c1-15-11-3-2-8(6-9(11)12)10-7-16(14)5-4-13-10/h2-3,6,10,13H,4-5,7H2,1H3. The topological polar surface area (TPSA) is 38.3 Å². The van der Waals surface area contributed by atoms with Gasteiger partial charge in [-0.05, 0) is 17.7 Å². The zero-order valence-corrected chi connectivity index (χ0v) is 9.85. The lowest BCUT2D eigenvalue weighted by Crippen LogP contribution is -2.36. The van der Waals surface area contributed by atoms with Crippen LogP contribution >= 0.6 is 0 Å². The summed E-state index contributed by atoms with van der Waals surface area (Å²) in [5.41, 5.74) is 0.825. The largest absolute Gasteiger partial charge is 0.494 e. The first-order valence-electron chi connectivity index (χ1n) is 5.12. The van der Waals surface area contributed by atoms with Crippen LogP contribution in [0.2, 0.25) is 0 Å². The van der Waals surface area contributed by atoms with Gasteiger partial charge in [0.25, 0.3) is 0 Å². The molecule has 1 aliphatic heterocycles. The number of benzene rings is 1. The first-order chi connectivity index (χ1) is 7.70. The van der Waals surface area contributed by atoms with E-state index in [1.54, 1.807) is 6.07 Å². The molecule has 5 heteroatoms. The number of hydrogen-bond donors (Lipinski definition) is 1. The Kier molecular flexibility index (Phi) is 3.56. The summed E-state index contributed by atoms with van der Waals surface area (Å²) in [4.78, 5) is 0. The fraction of sp³-hybridized carbons (Fsp3) is 0.455. The minimum Gasteiger partial charge on any atom is -0.494 e. The average Bonchev–Trinajstić information content (AvgIpc) is 2.29. The highest BCUT2D eigenvalue weighted by molar-refractivity contribution is 7.85. The van der Waals surface area contributed by atoms with Crippen LogP contribution in [0.3, 0.4) is 0 Å². The van der Waals surface area contributed by atoms with E-state index in [9.17, 15) is 8.60 Å². The van der Waals surface area contributed by atoms with Gasteiger partial charge in [0.15, 0.2) is 11.6 Å². The molecule has 0 spiro atoms. The van der Waals surface area contributed by atoms with Crippen molar-refractivity contribution >= 4 is 10.8 Å². The normalized spacial score (nSPS) is 25.4. The summed E-state index contributed by atoms with van der Waals surface area (Å²) in [7, 11) is 0.636. The maximum atomic E-state index is 13.5. The average molecular weight is 243 g/mol. The van der Waals surface area contributed by atoms with E-state index < -0.39 is 10.8 Å². The van der Waals surface area contributed by atoms with Crippen molar-refractivity contribution in [3.05, 3.63) is 29.6 Å². The highest BCUT2D eigenvalue weighted by atomic mass is 32.2. The molecule has 0 amide bonds. The summed E-state index contributed by atoms with van der Waals surface area (Å²) in [5, 5.41) is 3.23. The monoisotopic (exact) mass is 243 g/mol. The van der Waals surface area contributed by atoms with Crippen LogP contribution < -0.4 is 10.1 Å². The third-order valence-electron chi connectivity index (χ3n) is 2.65. The summed E-state index contributed by atoms with van der Waals surface area (Å²) >= 11 is 0. The van der Waals surface area contributed by atoms with Gasteiger partial charge >= 0.3 is 0 Å². The number of nitrogens with one attached hydrogen (secondary N) is 1. The molecule has 1 aromatic rings. The summed E-state index contributed by atoms with van der Waals surface area (Å²) in [5.74, 6) is 1.08. The van der Waals surface area contributed by atoms with Gasteiger partial charge in [-0.1, -0.05) is 6.07 Å². The van der Waals surface area contributed by atoms with E-state index in [1.807, 2.05) is 6.07 Å². The Labute approximate surface area is 96.5 Å². The van der Waals surface area contributed by atoms with E-state index in [0.717, 1.165) is 5.56 Å². The van der Waals surface area contributed by atoms with Crippen LogP contribution in [0.25, 0.3) is 0 Å². The number of rotatable bonds is 2. The maximum Gasteiger partial charge on any atom is 0.165 e. The Morgan fingerprint density at radius 3 is 3.00 bits per heavy atom. The Balaban J connectivity index is 2.20. The van der Waals surface area contributed by atoms with Gasteiger partial charge in [-0.25, -0.2) is 4.39 Å². The number of halogens is 1. The Hall–Kier alpha value is -0.940. The van der Waals surface area contributed by atoms with Gasteiger partial charge < -0.3 is 10.1 Å². The first-order valence-corrected chi connectivity index (χ1v) is 6.61. The second-order valence-electron chi connectivity index (χ2n) is 3.71. The fourth-order valence-corrected chi connectivity index (χ4v) is 2.98. The quantitative estimate of drug-likeness (QED) is 0.849. The maximum absolute atomic E-state index is 13.5. The molecule has 88 valence electrons. The molecule has 1 saturated heterocycles. The number of ether oxygens (including phenoxy) is 1. The molecule has 0 radical (unpaired) electrons. The molecule has 1 aliphatic rings. The van der Waals surface area contributed by atoms with Crippen molar-refractivity contribution in [2.75, 3.05) is 25.2 Å². The second-order valence-corrected chi connectivity index (χ2v) is 5.33. The molecule has 16 heavy (non-hydrogen) atoms. The summed E-state index contributed by atoms with van der Waals surface area (Å²) in [6, 6.07) is 4.83. The van der Waals surface area contributed by atoms with E-state index >= 15 is 0 Å². The van der Waals surface area contributed by atoms with Crippen molar-refractivity contribution in [1.29, 1.82) is 0 Å². The highest BCUT2D eigenvalue weighted by Gasteiger charge is 2.20. The molecule has 0 aliphatic carbocycles. The van der Waals surface area contributed by atoms with Crippen LogP contribution in [0, 0.1) is 5.82 Å². The van der Waals surface area contributed by atoms with Crippen molar-refractivity contribution in [3.8, 4) is 5.75 Å². The molecule has 3 nitrogen and oxygen atoms in total. The van der Waals surface area contributed by atoms with Gasteiger partial charge in [-0.2, -0.15) is 0 Å². The second kappa shape index (κ2) is 4.93. The fourth-order valence-electron chi connectivity index (χ4n) is 1.79. The van der Waals surface area contributed by atoms with E-state index in [4.69, 9.17) is 4.74 Å². The molecule has 2 rings (SSSR count). The Bertz CT molecular complexity index is 411. The van der Waals surface area contributed by atoms with E-state index in [1.165, 1.54) is 13.2 Å². The molecule has 1 fully saturated rings. The molecule has 1 aromatic carbocycles. The van der Waals surface area contributed by atoms with Crippen LogP contribution in [0.1, 0.15) is 11.6 Å². The Morgan fingerprint density at radius 1 is 1.56 bits per heavy atom. The molecule has 0 saturated carbocycles. The summed E-state index contributed by atoms with van der Waals surface area (Å²) in [6.07, 6.45) is 0. The molecule has 0 bridgehead atoms. The lowest BCUT2D eigenvalue weighted by atomic mass is 10.1. The van der Waals surface area contributed by atoms with Gasteiger partial charge in [0.2, 0.25) is 0 Å². The van der Waals surface area contributed by atoms with E-state index in [-0.39, 0.29) is 17.6 Å². The van der Waals surface area contributed by atoms with Gasteiger partial charge in [0.1, 0.15) is 0 Å². The molecular formula is C11H14FNO2S. The van der Waals surface area contributed by atoms with Gasteiger partial charge in [-0.3, -0.25) is 4.21 Å². The smallest absolute Gasteiger partial charge is 0.165 e. The molecular weight excluding hydrogens is 229 g/mol. The lowest BCUT2D eigenvalue weighted by Gasteiger charge is -2.23. The van der Waals surface area contributed by atoms with E-state index in [0.29, 0.717) is 18.1 Å². The predicted octanol–water partition coefficient (Wildman–Crippen LogP) is 1.23.